The van der Waals surface area contributed by atoms with Gasteiger partial charge in [-0.25, -0.2) is 0 Å². The molecule has 0 N–H and O–H groups in total. The fraction of sp³-hybridized carbons (Fsp3) is 0.895. The Hall–Kier alpha value is -0.260. The molecule has 19 heavy (non-hydrogen) atoms. The zero-order valence-electron chi connectivity index (χ0n) is 14.6. The van der Waals surface area contributed by atoms with Crippen LogP contribution in [0.3, 0.4) is 0 Å². The van der Waals surface area contributed by atoms with Gasteiger partial charge in [0.05, 0.1) is 0 Å². The zero-order chi connectivity index (χ0) is 15.0. The molecule has 0 heteroatoms. The van der Waals surface area contributed by atoms with Crippen molar-refractivity contribution in [1.29, 1.82) is 0 Å². The summed E-state index contributed by atoms with van der Waals surface area (Å²) in [5.41, 5.74) is 0. The smallest absolute Gasteiger partial charge is 0.0239 e. The quantitative estimate of drug-likeness (QED) is 0.392. The topological polar surface area (TPSA) is 0 Å². The molecular formula is C19H38. The third kappa shape index (κ3) is 7.18. The van der Waals surface area contributed by atoms with Crippen molar-refractivity contribution < 1.29 is 0 Å². The second-order valence-electron chi connectivity index (χ2n) is 7.28. The van der Waals surface area contributed by atoms with Crippen molar-refractivity contribution in [2.45, 2.75) is 74.1 Å². The highest BCUT2D eigenvalue weighted by Crippen LogP contribution is 2.31. The highest BCUT2D eigenvalue weighted by Gasteiger charge is 2.21. The lowest BCUT2D eigenvalue weighted by Gasteiger charge is -2.29. The largest absolute Gasteiger partial charge is 0.103 e. The molecule has 114 valence electrons. The standard InChI is InChI=1S/C19H38/c1-9-16(6)18(8)13-15(5)11-12-19(14(3)4)17(7)10-2/h9,14-19H,1,10-13H2,2-8H3. The highest BCUT2D eigenvalue weighted by molar-refractivity contribution is 4.80. The monoisotopic (exact) mass is 266 g/mol. The minimum Gasteiger partial charge on any atom is -0.103 e. The van der Waals surface area contributed by atoms with Gasteiger partial charge in [0.15, 0.2) is 0 Å². The first-order chi connectivity index (χ1) is 8.83. The summed E-state index contributed by atoms with van der Waals surface area (Å²) in [5.74, 6) is 4.87. The van der Waals surface area contributed by atoms with Crippen LogP contribution < -0.4 is 0 Å². The van der Waals surface area contributed by atoms with Crippen molar-refractivity contribution in [2.75, 3.05) is 0 Å². The molecule has 0 aromatic carbocycles. The lowest BCUT2D eigenvalue weighted by Crippen LogP contribution is -2.19. The van der Waals surface area contributed by atoms with Crippen LogP contribution in [0.1, 0.15) is 74.1 Å². The molecule has 0 rings (SSSR count). The van der Waals surface area contributed by atoms with E-state index in [2.05, 4.69) is 61.1 Å². The molecule has 0 aromatic heterocycles. The Morgan fingerprint density at radius 3 is 1.89 bits per heavy atom. The van der Waals surface area contributed by atoms with E-state index in [4.69, 9.17) is 0 Å². The van der Waals surface area contributed by atoms with Gasteiger partial charge in [0, 0.05) is 0 Å². The average Bonchev–Trinajstić information content (AvgIpc) is 2.36. The predicted octanol–water partition coefficient (Wildman–Crippen LogP) is 6.57. The van der Waals surface area contributed by atoms with Gasteiger partial charge in [-0.05, 0) is 48.3 Å². The van der Waals surface area contributed by atoms with Crippen molar-refractivity contribution in [2.24, 2.45) is 35.5 Å². The van der Waals surface area contributed by atoms with E-state index in [1.807, 2.05) is 0 Å². The number of allylic oxidation sites excluding steroid dienone is 1. The molecule has 0 spiro atoms. The van der Waals surface area contributed by atoms with E-state index < -0.39 is 0 Å². The maximum absolute atomic E-state index is 3.92. The zero-order valence-corrected chi connectivity index (χ0v) is 14.6. The number of hydrogen-bond acceptors (Lipinski definition) is 0. The van der Waals surface area contributed by atoms with E-state index >= 15 is 0 Å². The number of hydrogen-bond donors (Lipinski definition) is 0. The summed E-state index contributed by atoms with van der Waals surface area (Å²) in [5, 5.41) is 0. The molecule has 0 bridgehead atoms. The van der Waals surface area contributed by atoms with Crippen molar-refractivity contribution in [3.8, 4) is 0 Å². The second-order valence-corrected chi connectivity index (χ2v) is 7.28. The normalized spacial score (nSPS) is 19.8. The molecular weight excluding hydrogens is 228 g/mol. The Balaban J connectivity index is 4.18. The second kappa shape index (κ2) is 9.61. The fourth-order valence-corrected chi connectivity index (χ4v) is 3.25. The third-order valence-electron chi connectivity index (χ3n) is 5.27. The molecule has 0 aliphatic heterocycles. The molecule has 0 aliphatic rings. The van der Waals surface area contributed by atoms with Crippen LogP contribution >= 0.6 is 0 Å². The minimum atomic E-state index is 0.651. The van der Waals surface area contributed by atoms with E-state index in [1.165, 1.54) is 25.7 Å². The van der Waals surface area contributed by atoms with Crippen molar-refractivity contribution in [3.63, 3.8) is 0 Å². The van der Waals surface area contributed by atoms with E-state index in [-0.39, 0.29) is 0 Å². The van der Waals surface area contributed by atoms with E-state index in [0.717, 1.165) is 29.6 Å². The molecule has 0 nitrogen and oxygen atoms in total. The fourth-order valence-electron chi connectivity index (χ4n) is 3.25. The molecule has 5 atom stereocenters. The maximum Gasteiger partial charge on any atom is -0.0239 e. The average molecular weight is 267 g/mol. The van der Waals surface area contributed by atoms with Gasteiger partial charge >= 0.3 is 0 Å². The van der Waals surface area contributed by atoms with Crippen LogP contribution in [0.25, 0.3) is 0 Å². The van der Waals surface area contributed by atoms with Gasteiger partial charge in [0.1, 0.15) is 0 Å². The SMILES string of the molecule is C=CC(C)C(C)CC(C)CCC(C(C)C)C(C)CC. The molecule has 5 unspecified atom stereocenters. The molecule has 0 heterocycles. The number of rotatable bonds is 10. The van der Waals surface area contributed by atoms with E-state index in [9.17, 15) is 0 Å². The van der Waals surface area contributed by atoms with Gasteiger partial charge in [0.25, 0.3) is 0 Å². The molecule has 0 aliphatic carbocycles. The lowest BCUT2D eigenvalue weighted by molar-refractivity contribution is 0.221. The van der Waals surface area contributed by atoms with Crippen molar-refractivity contribution >= 4 is 0 Å². The van der Waals surface area contributed by atoms with Gasteiger partial charge in [-0.15, -0.1) is 6.58 Å². The Bertz CT molecular complexity index is 228. The summed E-state index contributed by atoms with van der Waals surface area (Å²) >= 11 is 0. The predicted molar refractivity (Wildman–Crippen MR) is 89.3 cm³/mol. The van der Waals surface area contributed by atoms with Gasteiger partial charge in [-0.1, -0.05) is 67.4 Å². The van der Waals surface area contributed by atoms with Crippen molar-refractivity contribution in [1.82, 2.24) is 0 Å². The van der Waals surface area contributed by atoms with Crippen LogP contribution in [0.5, 0.6) is 0 Å². The summed E-state index contributed by atoms with van der Waals surface area (Å²) in [4.78, 5) is 0. The Morgan fingerprint density at radius 1 is 0.895 bits per heavy atom. The van der Waals surface area contributed by atoms with Crippen LogP contribution in [0, 0.1) is 35.5 Å². The van der Waals surface area contributed by atoms with Gasteiger partial charge < -0.3 is 0 Å². The molecule has 0 saturated carbocycles. The van der Waals surface area contributed by atoms with Crippen LogP contribution in [0.15, 0.2) is 12.7 Å². The van der Waals surface area contributed by atoms with Gasteiger partial charge in [-0.2, -0.15) is 0 Å². The summed E-state index contributed by atoms with van der Waals surface area (Å²) in [7, 11) is 0. The molecule has 0 saturated heterocycles. The molecule has 0 amide bonds. The van der Waals surface area contributed by atoms with Gasteiger partial charge in [-0.3, -0.25) is 0 Å². The summed E-state index contributed by atoms with van der Waals surface area (Å²) in [6.45, 7) is 20.6. The van der Waals surface area contributed by atoms with E-state index in [0.29, 0.717) is 5.92 Å². The van der Waals surface area contributed by atoms with Crippen LogP contribution in [-0.2, 0) is 0 Å². The van der Waals surface area contributed by atoms with Crippen LogP contribution in [-0.4, -0.2) is 0 Å². The van der Waals surface area contributed by atoms with E-state index in [1.54, 1.807) is 0 Å². The molecule has 0 radical (unpaired) electrons. The first-order valence-electron chi connectivity index (χ1n) is 8.45. The summed E-state index contributed by atoms with van der Waals surface area (Å²) < 4.78 is 0. The highest BCUT2D eigenvalue weighted by atomic mass is 14.3. The van der Waals surface area contributed by atoms with Crippen LogP contribution in [0.2, 0.25) is 0 Å². The van der Waals surface area contributed by atoms with Gasteiger partial charge in [0.2, 0.25) is 0 Å². The Labute approximate surface area is 123 Å². The summed E-state index contributed by atoms with van der Waals surface area (Å²) in [6.07, 6.45) is 7.57. The minimum absolute atomic E-state index is 0.651. The van der Waals surface area contributed by atoms with Crippen molar-refractivity contribution in [3.05, 3.63) is 12.7 Å². The Kier molecular flexibility index (Phi) is 9.48. The first kappa shape index (κ1) is 18.7. The summed E-state index contributed by atoms with van der Waals surface area (Å²) in [6, 6.07) is 0. The maximum atomic E-state index is 3.92. The Morgan fingerprint density at radius 2 is 1.47 bits per heavy atom. The first-order valence-corrected chi connectivity index (χ1v) is 8.45. The van der Waals surface area contributed by atoms with Crippen LogP contribution in [0.4, 0.5) is 0 Å². The molecule has 0 aromatic rings. The third-order valence-corrected chi connectivity index (χ3v) is 5.27. The lowest BCUT2D eigenvalue weighted by atomic mass is 9.77. The molecule has 0 fully saturated rings.